The summed E-state index contributed by atoms with van der Waals surface area (Å²) < 4.78 is 2.23. The normalized spacial score (nSPS) is 22.3. The summed E-state index contributed by atoms with van der Waals surface area (Å²) in [4.78, 5) is 11.0. The minimum Gasteiger partial charge on any atom is -0.356 e. The molecule has 0 spiro atoms. The molecule has 22 heavy (non-hydrogen) atoms. The zero-order valence-corrected chi connectivity index (χ0v) is 16.9. The van der Waals surface area contributed by atoms with Crippen LogP contribution in [0.25, 0.3) is 0 Å². The number of aliphatic imine (C=N–C) groups is 1. The second-order valence-electron chi connectivity index (χ2n) is 5.61. The van der Waals surface area contributed by atoms with Crippen LogP contribution in [-0.2, 0) is 0 Å². The van der Waals surface area contributed by atoms with E-state index in [1.807, 2.05) is 31.3 Å². The molecular formula is C15H28IN5S. The number of aromatic nitrogens is 2. The Balaban J connectivity index is 0.00000242. The second kappa shape index (κ2) is 10.4. The summed E-state index contributed by atoms with van der Waals surface area (Å²) in [5.74, 6) is 2.90. The fourth-order valence-corrected chi connectivity index (χ4v) is 3.28. The van der Waals surface area contributed by atoms with E-state index in [0.717, 1.165) is 25.6 Å². The number of hydrogen-bond donors (Lipinski definition) is 1. The molecule has 126 valence electrons. The average molecular weight is 437 g/mol. The topological polar surface area (TPSA) is 45.5 Å². The van der Waals surface area contributed by atoms with Crippen molar-refractivity contribution < 1.29 is 0 Å². The molecule has 1 saturated heterocycles. The summed E-state index contributed by atoms with van der Waals surface area (Å²) in [6.45, 7) is 5.40. The molecule has 1 fully saturated rings. The number of thioether (sulfide) groups is 1. The highest BCUT2D eigenvalue weighted by Gasteiger charge is 2.28. The Kier molecular flexibility index (Phi) is 9.23. The standard InChI is InChI=1S/C15H27N5S.HI/c1-13-5-8-19(11-14(13)20-9-7-17-12-20)15(16-2)18-6-4-10-21-3;/h7,9,12-14H,4-6,8,10-11H2,1-3H3,(H,16,18);1H. The van der Waals surface area contributed by atoms with Gasteiger partial charge in [0.25, 0.3) is 0 Å². The van der Waals surface area contributed by atoms with Crippen molar-refractivity contribution in [3.8, 4) is 0 Å². The van der Waals surface area contributed by atoms with Crippen molar-refractivity contribution in [3.63, 3.8) is 0 Å². The van der Waals surface area contributed by atoms with Crippen molar-refractivity contribution in [3.05, 3.63) is 18.7 Å². The van der Waals surface area contributed by atoms with E-state index in [9.17, 15) is 0 Å². The van der Waals surface area contributed by atoms with Crippen molar-refractivity contribution in [2.24, 2.45) is 10.9 Å². The highest BCUT2D eigenvalue weighted by atomic mass is 127. The second-order valence-corrected chi connectivity index (χ2v) is 6.60. The molecular weight excluding hydrogens is 409 g/mol. The minimum atomic E-state index is 0. The summed E-state index contributed by atoms with van der Waals surface area (Å²) in [7, 11) is 1.88. The lowest BCUT2D eigenvalue weighted by molar-refractivity contribution is 0.189. The van der Waals surface area contributed by atoms with Gasteiger partial charge in [-0.25, -0.2) is 4.98 Å². The van der Waals surface area contributed by atoms with E-state index in [1.165, 1.54) is 18.6 Å². The van der Waals surface area contributed by atoms with Crippen molar-refractivity contribution in [2.75, 3.05) is 38.7 Å². The summed E-state index contributed by atoms with van der Waals surface area (Å²) in [5.41, 5.74) is 0. The van der Waals surface area contributed by atoms with Crippen LogP contribution in [0.15, 0.2) is 23.7 Å². The van der Waals surface area contributed by atoms with Gasteiger partial charge >= 0.3 is 0 Å². The predicted octanol–water partition coefficient (Wildman–Crippen LogP) is 2.71. The maximum Gasteiger partial charge on any atom is 0.193 e. The van der Waals surface area contributed by atoms with Gasteiger partial charge in [-0.1, -0.05) is 6.92 Å². The number of likely N-dealkylation sites (tertiary alicyclic amines) is 1. The maximum absolute atomic E-state index is 4.45. The molecule has 0 bridgehead atoms. The highest BCUT2D eigenvalue weighted by molar-refractivity contribution is 14.0. The molecule has 0 saturated carbocycles. The van der Waals surface area contributed by atoms with Gasteiger partial charge in [0, 0.05) is 39.1 Å². The molecule has 1 aliphatic heterocycles. The molecule has 2 atom stereocenters. The number of guanidine groups is 1. The fourth-order valence-electron chi connectivity index (χ4n) is 2.84. The monoisotopic (exact) mass is 437 g/mol. The smallest absolute Gasteiger partial charge is 0.193 e. The Bertz CT molecular complexity index is 437. The summed E-state index contributed by atoms with van der Waals surface area (Å²) in [5, 5.41) is 3.49. The number of imidazole rings is 1. The van der Waals surface area contributed by atoms with Gasteiger partial charge in [-0.15, -0.1) is 24.0 Å². The summed E-state index contributed by atoms with van der Waals surface area (Å²) in [6.07, 6.45) is 10.4. The number of nitrogens with zero attached hydrogens (tertiary/aromatic N) is 4. The van der Waals surface area contributed by atoms with Crippen LogP contribution in [0.3, 0.4) is 0 Å². The Morgan fingerprint density at radius 3 is 2.95 bits per heavy atom. The molecule has 2 rings (SSSR count). The van der Waals surface area contributed by atoms with Gasteiger partial charge in [0.2, 0.25) is 0 Å². The summed E-state index contributed by atoms with van der Waals surface area (Å²) >= 11 is 1.89. The third-order valence-electron chi connectivity index (χ3n) is 4.15. The predicted molar refractivity (Wildman–Crippen MR) is 106 cm³/mol. The first-order valence-electron chi connectivity index (χ1n) is 7.68. The van der Waals surface area contributed by atoms with Crippen molar-refractivity contribution in [2.45, 2.75) is 25.8 Å². The molecule has 0 aromatic carbocycles. The lowest BCUT2D eigenvalue weighted by atomic mass is 9.93. The first-order chi connectivity index (χ1) is 10.3. The van der Waals surface area contributed by atoms with E-state index < -0.39 is 0 Å². The largest absolute Gasteiger partial charge is 0.356 e. The molecule has 2 unspecified atom stereocenters. The maximum atomic E-state index is 4.45. The van der Waals surface area contributed by atoms with Gasteiger partial charge in [0.05, 0.1) is 12.4 Å². The van der Waals surface area contributed by atoms with Crippen molar-refractivity contribution >= 4 is 41.7 Å². The molecule has 7 heteroatoms. The molecule has 5 nitrogen and oxygen atoms in total. The third-order valence-corrected chi connectivity index (χ3v) is 4.84. The number of hydrogen-bond acceptors (Lipinski definition) is 3. The van der Waals surface area contributed by atoms with E-state index in [4.69, 9.17) is 0 Å². The Labute approximate surface area is 155 Å². The Morgan fingerprint density at radius 2 is 2.32 bits per heavy atom. The number of rotatable bonds is 5. The van der Waals surface area contributed by atoms with Gasteiger partial charge in [-0.05, 0) is 30.8 Å². The first kappa shape index (κ1) is 19.6. The van der Waals surface area contributed by atoms with E-state index in [1.54, 1.807) is 0 Å². The molecule has 2 heterocycles. The van der Waals surface area contributed by atoms with Crippen LogP contribution >= 0.6 is 35.7 Å². The van der Waals surface area contributed by atoms with E-state index >= 15 is 0 Å². The lowest BCUT2D eigenvalue weighted by Crippen LogP contribution is -2.49. The van der Waals surface area contributed by atoms with Gasteiger partial charge < -0.3 is 14.8 Å². The summed E-state index contributed by atoms with van der Waals surface area (Å²) in [6, 6.07) is 0.478. The minimum absolute atomic E-state index is 0. The average Bonchev–Trinajstić information content (AvgIpc) is 3.02. The van der Waals surface area contributed by atoms with E-state index in [-0.39, 0.29) is 24.0 Å². The first-order valence-corrected chi connectivity index (χ1v) is 9.07. The van der Waals surface area contributed by atoms with Crippen LogP contribution < -0.4 is 5.32 Å². The van der Waals surface area contributed by atoms with Gasteiger partial charge in [-0.2, -0.15) is 11.8 Å². The Morgan fingerprint density at radius 1 is 1.50 bits per heavy atom. The van der Waals surface area contributed by atoms with Crippen LogP contribution in [0.4, 0.5) is 0 Å². The van der Waals surface area contributed by atoms with E-state index in [2.05, 4.69) is 44.1 Å². The molecule has 0 radical (unpaired) electrons. The molecule has 1 aliphatic rings. The molecule has 0 aliphatic carbocycles. The van der Waals surface area contributed by atoms with Crippen LogP contribution in [0, 0.1) is 5.92 Å². The van der Waals surface area contributed by atoms with Crippen LogP contribution in [0.1, 0.15) is 25.8 Å². The van der Waals surface area contributed by atoms with Crippen LogP contribution in [-0.4, -0.2) is 59.1 Å². The Hall–Kier alpha value is -0.440. The molecule has 1 N–H and O–H groups in total. The molecule has 1 aromatic heterocycles. The fraction of sp³-hybridized carbons (Fsp3) is 0.733. The SMILES string of the molecule is CN=C(NCCCSC)N1CCC(C)C(n2ccnc2)C1.I. The zero-order chi connectivity index (χ0) is 15.1. The zero-order valence-electron chi connectivity index (χ0n) is 13.7. The third kappa shape index (κ3) is 5.33. The van der Waals surface area contributed by atoms with Crippen LogP contribution in [0.5, 0.6) is 0 Å². The van der Waals surface area contributed by atoms with Gasteiger partial charge in [0.1, 0.15) is 0 Å². The quantitative estimate of drug-likeness (QED) is 0.333. The highest BCUT2D eigenvalue weighted by Crippen LogP contribution is 2.27. The molecule has 0 amide bonds. The number of halogens is 1. The van der Waals surface area contributed by atoms with Crippen LogP contribution in [0.2, 0.25) is 0 Å². The van der Waals surface area contributed by atoms with E-state index in [0.29, 0.717) is 12.0 Å². The lowest BCUT2D eigenvalue weighted by Gasteiger charge is -2.39. The number of nitrogens with one attached hydrogen (secondary N) is 1. The van der Waals surface area contributed by atoms with Crippen molar-refractivity contribution in [1.29, 1.82) is 0 Å². The van der Waals surface area contributed by atoms with Gasteiger partial charge in [0.15, 0.2) is 5.96 Å². The van der Waals surface area contributed by atoms with Gasteiger partial charge in [-0.3, -0.25) is 4.99 Å². The van der Waals surface area contributed by atoms with Crippen molar-refractivity contribution in [1.82, 2.24) is 19.8 Å². The number of piperidine rings is 1. The molecule has 1 aromatic rings.